The fourth-order valence-electron chi connectivity index (χ4n) is 2.33. The van der Waals surface area contributed by atoms with Crippen molar-refractivity contribution in [2.45, 2.75) is 25.4 Å². The second kappa shape index (κ2) is 5.50. The van der Waals surface area contributed by atoms with E-state index in [4.69, 9.17) is 18.0 Å². The van der Waals surface area contributed by atoms with E-state index in [-0.39, 0.29) is 10.8 Å². The lowest BCUT2D eigenvalue weighted by atomic mass is 10.1. The highest BCUT2D eigenvalue weighted by Gasteiger charge is 2.31. The number of benzene rings is 1. The van der Waals surface area contributed by atoms with Crippen molar-refractivity contribution in [3.8, 4) is 0 Å². The first-order chi connectivity index (χ1) is 9.65. The number of hydrogen-bond acceptors (Lipinski definition) is 3. The van der Waals surface area contributed by atoms with Gasteiger partial charge in [0.25, 0.3) is 0 Å². The van der Waals surface area contributed by atoms with Gasteiger partial charge in [0.1, 0.15) is 10.8 Å². The molecule has 3 rings (SSSR count). The van der Waals surface area contributed by atoms with Gasteiger partial charge in [-0.15, -0.1) is 0 Å². The molecule has 104 valence electrons. The maximum Gasteiger partial charge on any atom is 0.124 e. The van der Waals surface area contributed by atoms with E-state index in [1.54, 1.807) is 17.4 Å². The molecule has 1 aromatic carbocycles. The minimum atomic E-state index is -0.303. The van der Waals surface area contributed by atoms with Crippen LogP contribution in [0.5, 0.6) is 0 Å². The highest BCUT2D eigenvalue weighted by molar-refractivity contribution is 7.80. The predicted octanol–water partition coefficient (Wildman–Crippen LogP) is 3.69. The Bertz CT molecular complexity index is 621. The molecule has 0 radical (unpaired) electrons. The van der Waals surface area contributed by atoms with Crippen LogP contribution >= 0.6 is 23.6 Å². The first kappa shape index (κ1) is 13.5. The van der Waals surface area contributed by atoms with E-state index in [0.29, 0.717) is 11.6 Å². The summed E-state index contributed by atoms with van der Waals surface area (Å²) in [5.41, 5.74) is 8.58. The number of nitrogens with two attached hydrogens (primary N) is 1. The Kier molecular flexibility index (Phi) is 3.72. The fourth-order valence-corrected chi connectivity index (χ4v) is 3.16. The second-order valence-corrected chi connectivity index (χ2v) is 6.24. The van der Waals surface area contributed by atoms with Gasteiger partial charge in [0.05, 0.1) is 0 Å². The van der Waals surface area contributed by atoms with E-state index in [2.05, 4.69) is 21.7 Å². The van der Waals surface area contributed by atoms with E-state index in [1.807, 2.05) is 0 Å². The molecule has 2 nitrogen and oxygen atoms in total. The van der Waals surface area contributed by atoms with Crippen molar-refractivity contribution in [1.29, 1.82) is 0 Å². The molecule has 2 aromatic rings. The van der Waals surface area contributed by atoms with E-state index >= 15 is 0 Å². The molecule has 20 heavy (non-hydrogen) atoms. The molecule has 0 saturated heterocycles. The van der Waals surface area contributed by atoms with Crippen LogP contribution in [0.25, 0.3) is 0 Å². The second-order valence-electron chi connectivity index (χ2n) is 5.02. The molecule has 0 aliphatic heterocycles. The molecule has 1 heterocycles. The van der Waals surface area contributed by atoms with Gasteiger partial charge in [-0.1, -0.05) is 12.2 Å². The Hall–Kier alpha value is -1.46. The molecule has 1 fully saturated rings. The molecule has 1 saturated carbocycles. The van der Waals surface area contributed by atoms with Gasteiger partial charge in [-0.2, -0.15) is 11.3 Å². The van der Waals surface area contributed by atoms with Gasteiger partial charge in [0.15, 0.2) is 0 Å². The Balaban J connectivity index is 1.97. The molecule has 0 bridgehead atoms. The summed E-state index contributed by atoms with van der Waals surface area (Å²) in [6, 6.07) is 7.31. The molecular weight excluding hydrogens is 291 g/mol. The van der Waals surface area contributed by atoms with E-state index in [9.17, 15) is 4.39 Å². The summed E-state index contributed by atoms with van der Waals surface area (Å²) in [6.45, 7) is 0.815. The lowest BCUT2D eigenvalue weighted by Gasteiger charge is -2.26. The zero-order valence-electron chi connectivity index (χ0n) is 10.9. The van der Waals surface area contributed by atoms with Crippen LogP contribution in [-0.2, 0) is 6.54 Å². The summed E-state index contributed by atoms with van der Waals surface area (Å²) in [7, 11) is 0. The lowest BCUT2D eigenvalue weighted by Crippen LogP contribution is -2.27. The lowest BCUT2D eigenvalue weighted by molar-refractivity contribution is 0.627. The number of hydrogen-bond donors (Lipinski definition) is 1. The Morgan fingerprint density at radius 3 is 2.80 bits per heavy atom. The topological polar surface area (TPSA) is 29.3 Å². The van der Waals surface area contributed by atoms with Crippen LogP contribution in [0, 0.1) is 5.82 Å². The van der Waals surface area contributed by atoms with E-state index < -0.39 is 0 Å². The Morgan fingerprint density at radius 1 is 1.40 bits per heavy atom. The van der Waals surface area contributed by atoms with E-state index in [1.165, 1.54) is 17.7 Å². The molecule has 0 atom stereocenters. The van der Waals surface area contributed by atoms with Crippen LogP contribution < -0.4 is 10.6 Å². The molecule has 0 unspecified atom stereocenters. The van der Waals surface area contributed by atoms with Crippen molar-refractivity contribution in [2.24, 2.45) is 5.73 Å². The zero-order valence-corrected chi connectivity index (χ0v) is 12.5. The fraction of sp³-hybridized carbons (Fsp3) is 0.267. The van der Waals surface area contributed by atoms with Crippen LogP contribution in [0.1, 0.15) is 24.0 Å². The highest BCUT2D eigenvalue weighted by Crippen LogP contribution is 2.35. The molecular formula is C15H15FN2S2. The van der Waals surface area contributed by atoms with Crippen molar-refractivity contribution >= 4 is 34.2 Å². The van der Waals surface area contributed by atoms with Crippen LogP contribution in [0.4, 0.5) is 10.1 Å². The van der Waals surface area contributed by atoms with Gasteiger partial charge < -0.3 is 10.6 Å². The van der Waals surface area contributed by atoms with Crippen LogP contribution in [0.2, 0.25) is 0 Å². The third-order valence-electron chi connectivity index (χ3n) is 3.45. The summed E-state index contributed by atoms with van der Waals surface area (Å²) in [5, 5.41) is 4.21. The van der Waals surface area contributed by atoms with Gasteiger partial charge in [-0.25, -0.2) is 4.39 Å². The average molecular weight is 306 g/mol. The predicted molar refractivity (Wildman–Crippen MR) is 85.8 cm³/mol. The number of halogens is 1. The summed E-state index contributed by atoms with van der Waals surface area (Å²) in [4.78, 5) is 2.53. The number of thiocarbonyl (C=S) groups is 1. The first-order valence-corrected chi connectivity index (χ1v) is 7.87. The van der Waals surface area contributed by atoms with Gasteiger partial charge in [-0.3, -0.25) is 0 Å². The summed E-state index contributed by atoms with van der Waals surface area (Å²) < 4.78 is 13.4. The highest BCUT2D eigenvalue weighted by atomic mass is 32.1. The van der Waals surface area contributed by atoms with Crippen molar-refractivity contribution in [2.75, 3.05) is 4.90 Å². The third kappa shape index (κ3) is 2.83. The molecule has 0 spiro atoms. The minimum absolute atomic E-state index is 0.246. The van der Waals surface area contributed by atoms with E-state index in [0.717, 1.165) is 25.1 Å². The van der Waals surface area contributed by atoms with Crippen molar-refractivity contribution in [1.82, 2.24) is 0 Å². The molecule has 1 aliphatic rings. The minimum Gasteiger partial charge on any atom is -0.389 e. The largest absolute Gasteiger partial charge is 0.389 e. The zero-order chi connectivity index (χ0) is 14.1. The normalized spacial score (nSPS) is 14.2. The summed E-state index contributed by atoms with van der Waals surface area (Å²) in [5.74, 6) is -0.303. The standard InChI is InChI=1S/C15H15FN2S2/c16-11-1-4-14(13(7-11)15(17)19)18(12-2-3-12)8-10-5-6-20-9-10/h1,4-7,9,12H,2-3,8H2,(H2,17,19). The Morgan fingerprint density at radius 2 is 2.20 bits per heavy atom. The third-order valence-corrected chi connectivity index (χ3v) is 4.41. The smallest absolute Gasteiger partial charge is 0.124 e. The number of anilines is 1. The average Bonchev–Trinajstić information content (AvgIpc) is 3.13. The van der Waals surface area contributed by atoms with Crippen molar-refractivity contribution in [3.63, 3.8) is 0 Å². The van der Waals surface area contributed by atoms with Crippen molar-refractivity contribution < 1.29 is 4.39 Å². The van der Waals surface area contributed by atoms with Crippen LogP contribution in [-0.4, -0.2) is 11.0 Å². The Labute approximate surface area is 127 Å². The maximum atomic E-state index is 13.4. The maximum absolute atomic E-state index is 13.4. The molecule has 0 amide bonds. The van der Waals surface area contributed by atoms with Gasteiger partial charge >= 0.3 is 0 Å². The van der Waals surface area contributed by atoms with Crippen molar-refractivity contribution in [3.05, 3.63) is 52.0 Å². The van der Waals surface area contributed by atoms with Gasteiger partial charge in [0, 0.05) is 23.8 Å². The van der Waals surface area contributed by atoms with Crippen LogP contribution in [0.15, 0.2) is 35.0 Å². The monoisotopic (exact) mass is 306 g/mol. The molecule has 2 N–H and O–H groups in total. The molecule has 1 aromatic heterocycles. The molecule has 5 heteroatoms. The summed E-state index contributed by atoms with van der Waals surface area (Å²) >= 11 is 6.75. The number of rotatable bonds is 5. The number of nitrogens with zero attached hydrogens (tertiary/aromatic N) is 1. The first-order valence-electron chi connectivity index (χ1n) is 6.52. The SMILES string of the molecule is NC(=S)c1cc(F)ccc1N(Cc1ccsc1)C1CC1. The quantitative estimate of drug-likeness (QED) is 0.854. The van der Waals surface area contributed by atoms with Crippen LogP contribution in [0.3, 0.4) is 0 Å². The molecule has 1 aliphatic carbocycles. The number of thiophene rings is 1. The van der Waals surface area contributed by atoms with Gasteiger partial charge in [-0.05, 0) is 53.4 Å². The van der Waals surface area contributed by atoms with Gasteiger partial charge in [0.2, 0.25) is 0 Å². The summed E-state index contributed by atoms with van der Waals surface area (Å²) in [6.07, 6.45) is 2.33.